The fraction of sp³-hybridized carbons (Fsp3) is 0. The van der Waals surface area contributed by atoms with Crippen LogP contribution in [0.1, 0.15) is 0 Å². The van der Waals surface area contributed by atoms with E-state index in [1.165, 1.54) is 86.3 Å². The summed E-state index contributed by atoms with van der Waals surface area (Å²) in [6.45, 7) is 0. The smallest absolute Gasteiger partial charge is 0.181 e. The molecule has 0 fully saturated rings. The quantitative estimate of drug-likeness (QED) is 0.107. The van der Waals surface area contributed by atoms with Gasteiger partial charge in [-0.3, -0.25) is 0 Å². The Morgan fingerprint density at radius 3 is 1.23 bits per heavy atom. The second-order valence-electron chi connectivity index (χ2n) is 18.4. The van der Waals surface area contributed by atoms with Crippen LogP contribution in [0.3, 0.4) is 0 Å². The first kappa shape index (κ1) is 40.1. The Bertz CT molecular complexity index is 4130. The van der Waals surface area contributed by atoms with Crippen LogP contribution in [0.25, 0.3) is 93.6 Å². The molecule has 0 aliphatic heterocycles. The molecular formula is C66H45N3Si. The zero-order chi connectivity index (χ0) is 46.2. The topological polar surface area (TPSA) is 14.8 Å². The van der Waals surface area contributed by atoms with Crippen molar-refractivity contribution in [3.8, 4) is 28.2 Å². The Labute approximate surface area is 407 Å². The number of hydrogen-bond acceptors (Lipinski definition) is 0. The van der Waals surface area contributed by atoms with Crippen molar-refractivity contribution in [3.63, 3.8) is 0 Å². The van der Waals surface area contributed by atoms with Gasteiger partial charge in [0.15, 0.2) is 8.07 Å². The third kappa shape index (κ3) is 5.87. The normalized spacial score (nSPS) is 12.0. The van der Waals surface area contributed by atoms with Crippen molar-refractivity contribution in [2.45, 2.75) is 0 Å². The second-order valence-corrected chi connectivity index (χ2v) is 22.1. The van der Waals surface area contributed by atoms with Gasteiger partial charge in [-0.2, -0.15) is 0 Å². The van der Waals surface area contributed by atoms with E-state index in [9.17, 15) is 0 Å². The number of para-hydroxylation sites is 5. The van der Waals surface area contributed by atoms with Crippen molar-refractivity contribution in [1.82, 2.24) is 13.7 Å². The lowest BCUT2D eigenvalue weighted by Crippen LogP contribution is -2.75. The highest BCUT2D eigenvalue weighted by atomic mass is 28.3. The van der Waals surface area contributed by atoms with Crippen molar-refractivity contribution >= 4 is 94.2 Å². The molecule has 0 bridgehead atoms. The molecule has 4 heteroatoms. The fourth-order valence-corrected chi connectivity index (χ4v) is 16.9. The summed E-state index contributed by atoms with van der Waals surface area (Å²) in [7, 11) is -3.13. The second kappa shape index (κ2) is 16.1. The molecule has 0 atom stereocenters. The van der Waals surface area contributed by atoms with Crippen molar-refractivity contribution in [2.75, 3.05) is 0 Å². The zero-order valence-corrected chi connectivity index (χ0v) is 39.3. The molecule has 3 nitrogen and oxygen atoms in total. The first-order chi connectivity index (χ1) is 34.8. The number of fused-ring (bicyclic) bond motifs is 9. The van der Waals surface area contributed by atoms with Crippen LogP contribution in [0.4, 0.5) is 0 Å². The molecule has 70 heavy (non-hydrogen) atoms. The van der Waals surface area contributed by atoms with Crippen LogP contribution in [-0.2, 0) is 0 Å². The van der Waals surface area contributed by atoms with Gasteiger partial charge in [0.1, 0.15) is 0 Å². The van der Waals surface area contributed by atoms with Crippen LogP contribution in [0, 0.1) is 0 Å². The molecule has 3 aromatic heterocycles. The first-order valence-electron chi connectivity index (χ1n) is 24.2. The van der Waals surface area contributed by atoms with Gasteiger partial charge in [0.2, 0.25) is 0 Å². The van der Waals surface area contributed by atoms with Gasteiger partial charge in [-0.15, -0.1) is 0 Å². The molecule has 14 rings (SSSR count). The lowest BCUT2D eigenvalue weighted by molar-refractivity contribution is 1.15. The minimum absolute atomic E-state index is 1.11. The van der Waals surface area contributed by atoms with Gasteiger partial charge in [-0.05, 0) is 74.8 Å². The summed E-state index contributed by atoms with van der Waals surface area (Å²) in [4.78, 5) is 0. The molecule has 0 saturated carbocycles. The molecule has 3 heterocycles. The third-order valence-corrected chi connectivity index (χ3v) is 19.6. The predicted molar refractivity (Wildman–Crippen MR) is 299 cm³/mol. The SMILES string of the molecule is c1ccc(-c2ccccc2-n2c3ccccc3c3ccc(-n4c5ccccc5c5c(-n6c7ccccc7c7ccccc76)ccc([Si](c6ccccc6)(c6ccccc6)c6ccccc6)c54)cc32)cc1. The Hall–Kier alpha value is -8.96. The van der Waals surface area contributed by atoms with Gasteiger partial charge in [-0.25, -0.2) is 0 Å². The molecule has 0 spiro atoms. The minimum atomic E-state index is -3.13. The number of rotatable bonds is 8. The van der Waals surface area contributed by atoms with Gasteiger partial charge < -0.3 is 13.7 Å². The largest absolute Gasteiger partial charge is 0.309 e. The molecule has 0 aliphatic carbocycles. The molecule has 0 unspecified atom stereocenters. The Kier molecular flexibility index (Phi) is 9.23. The lowest BCUT2D eigenvalue weighted by Gasteiger charge is -2.35. The highest BCUT2D eigenvalue weighted by Gasteiger charge is 2.44. The number of benzene rings is 11. The summed E-state index contributed by atoms with van der Waals surface area (Å²) in [6, 6.07) is 102. The van der Waals surface area contributed by atoms with Crippen molar-refractivity contribution in [3.05, 3.63) is 273 Å². The Balaban J connectivity index is 1.18. The highest BCUT2D eigenvalue weighted by molar-refractivity contribution is 7.20. The molecule has 14 aromatic rings. The number of aromatic nitrogens is 3. The third-order valence-electron chi connectivity index (χ3n) is 14.8. The molecule has 328 valence electrons. The van der Waals surface area contributed by atoms with Crippen molar-refractivity contribution < 1.29 is 0 Å². The van der Waals surface area contributed by atoms with Crippen LogP contribution < -0.4 is 20.7 Å². The monoisotopic (exact) mass is 907 g/mol. The van der Waals surface area contributed by atoms with E-state index < -0.39 is 8.07 Å². The maximum atomic E-state index is 2.61. The fourth-order valence-electron chi connectivity index (χ4n) is 11.9. The number of nitrogens with zero attached hydrogens (tertiary/aromatic N) is 3. The van der Waals surface area contributed by atoms with E-state index in [1.54, 1.807) is 0 Å². The van der Waals surface area contributed by atoms with Crippen molar-refractivity contribution in [2.24, 2.45) is 0 Å². The van der Waals surface area contributed by atoms with Crippen LogP contribution >= 0.6 is 0 Å². The highest BCUT2D eigenvalue weighted by Crippen LogP contribution is 2.42. The minimum Gasteiger partial charge on any atom is -0.309 e. The summed E-state index contributed by atoms with van der Waals surface area (Å²) in [5, 5.41) is 12.7. The summed E-state index contributed by atoms with van der Waals surface area (Å²) in [5.74, 6) is 0. The van der Waals surface area contributed by atoms with Crippen molar-refractivity contribution in [1.29, 1.82) is 0 Å². The van der Waals surface area contributed by atoms with E-state index in [2.05, 4.69) is 287 Å². The van der Waals surface area contributed by atoms with Gasteiger partial charge in [0, 0.05) is 43.6 Å². The molecule has 0 radical (unpaired) electrons. The molecule has 11 aromatic carbocycles. The average Bonchev–Trinajstić information content (AvgIpc) is 4.08. The lowest BCUT2D eigenvalue weighted by atomic mass is 10.0. The van der Waals surface area contributed by atoms with E-state index in [1.807, 2.05) is 0 Å². The number of hydrogen-bond donors (Lipinski definition) is 0. The van der Waals surface area contributed by atoms with Crippen LogP contribution in [0.2, 0.25) is 0 Å². The first-order valence-corrected chi connectivity index (χ1v) is 26.2. The van der Waals surface area contributed by atoms with E-state index in [-0.39, 0.29) is 0 Å². The summed E-state index contributed by atoms with van der Waals surface area (Å²) in [6.07, 6.45) is 0. The van der Waals surface area contributed by atoms with E-state index in [4.69, 9.17) is 0 Å². The van der Waals surface area contributed by atoms with Crippen LogP contribution in [0.5, 0.6) is 0 Å². The maximum absolute atomic E-state index is 3.13. The van der Waals surface area contributed by atoms with Gasteiger partial charge >= 0.3 is 0 Å². The molecule has 0 saturated heterocycles. The van der Waals surface area contributed by atoms with Crippen LogP contribution in [-0.4, -0.2) is 21.8 Å². The molecule has 0 amide bonds. The summed E-state index contributed by atoms with van der Waals surface area (Å²) < 4.78 is 7.62. The zero-order valence-electron chi connectivity index (χ0n) is 38.3. The van der Waals surface area contributed by atoms with Gasteiger partial charge in [-0.1, -0.05) is 224 Å². The van der Waals surface area contributed by atoms with E-state index in [0.717, 1.165) is 28.1 Å². The maximum Gasteiger partial charge on any atom is 0.181 e. The average molecular weight is 908 g/mol. The molecule has 0 aliphatic rings. The summed E-state index contributed by atoms with van der Waals surface area (Å²) in [5.41, 5.74) is 12.9. The Morgan fingerprint density at radius 2 is 0.686 bits per heavy atom. The standard InChI is InChI=1S/C66H45N3Si/c1-5-23-46(24-6-1)51-31-13-18-36-57(51)69-60-39-21-16-34-54(60)55-42-41-47(45-63(55)69)67-61-40-22-17-35-56(61)65-62(68-58-37-19-14-32-52(58)53-33-15-20-38-59(53)68)43-44-64(66(65)67)70(48-25-7-2-8-26-48,49-27-9-3-10-28-49)50-29-11-4-12-30-50/h1-45H. The van der Waals surface area contributed by atoms with E-state index >= 15 is 0 Å². The van der Waals surface area contributed by atoms with Crippen LogP contribution in [0.15, 0.2) is 273 Å². The van der Waals surface area contributed by atoms with Gasteiger partial charge in [0.25, 0.3) is 0 Å². The predicted octanol–water partition coefficient (Wildman–Crippen LogP) is 14.0. The van der Waals surface area contributed by atoms with E-state index in [0.29, 0.717) is 0 Å². The summed E-state index contributed by atoms with van der Waals surface area (Å²) >= 11 is 0. The molecule has 0 N–H and O–H groups in total. The van der Waals surface area contributed by atoms with Gasteiger partial charge in [0.05, 0.1) is 44.5 Å². The molecular weight excluding hydrogens is 863 g/mol. The Morgan fingerprint density at radius 1 is 0.271 bits per heavy atom.